The van der Waals surface area contributed by atoms with Gasteiger partial charge in [-0.2, -0.15) is 9.97 Å². The molecule has 1 aromatic carbocycles. The van der Waals surface area contributed by atoms with E-state index >= 15 is 0 Å². The highest BCUT2D eigenvalue weighted by Crippen LogP contribution is 2.20. The van der Waals surface area contributed by atoms with Gasteiger partial charge in [0.15, 0.2) is 0 Å². The number of aromatic nitrogens is 3. The lowest BCUT2D eigenvalue weighted by molar-refractivity contribution is 0.321. The van der Waals surface area contributed by atoms with Crippen molar-refractivity contribution in [1.82, 2.24) is 15.0 Å². The van der Waals surface area contributed by atoms with Crippen molar-refractivity contribution < 1.29 is 9.94 Å². The molecule has 6 nitrogen and oxygen atoms in total. The van der Waals surface area contributed by atoms with E-state index in [9.17, 15) is 0 Å². The molecule has 0 saturated carbocycles. The molecule has 0 aliphatic heterocycles. The van der Waals surface area contributed by atoms with Crippen LogP contribution in [0.3, 0.4) is 0 Å². The Kier molecular flexibility index (Phi) is 3.03. The molecule has 0 fully saturated rings. The molecule has 0 bridgehead atoms. The van der Waals surface area contributed by atoms with E-state index in [1.807, 2.05) is 0 Å². The molecule has 6 heteroatoms. The SMILES string of the molecule is O/N=C/c1ccccc1Oc1ncncn1. The molecule has 0 spiro atoms. The summed E-state index contributed by atoms with van der Waals surface area (Å²) in [5.74, 6) is 0.506. The van der Waals surface area contributed by atoms with Crippen molar-refractivity contribution in [2.45, 2.75) is 0 Å². The summed E-state index contributed by atoms with van der Waals surface area (Å²) in [7, 11) is 0. The standard InChI is InChI=1S/C10H8N4O2/c15-14-5-8-3-1-2-4-9(8)16-10-12-6-11-7-13-10/h1-7,15H/b14-5+. The van der Waals surface area contributed by atoms with Crippen LogP contribution in [0.4, 0.5) is 0 Å². The van der Waals surface area contributed by atoms with Crippen LogP contribution in [-0.4, -0.2) is 26.4 Å². The highest BCUT2D eigenvalue weighted by atomic mass is 16.5. The Morgan fingerprint density at radius 3 is 2.69 bits per heavy atom. The van der Waals surface area contributed by atoms with Gasteiger partial charge in [-0.1, -0.05) is 17.3 Å². The van der Waals surface area contributed by atoms with Crippen LogP contribution in [0.15, 0.2) is 42.1 Å². The fraction of sp³-hybridized carbons (Fsp3) is 0. The van der Waals surface area contributed by atoms with E-state index < -0.39 is 0 Å². The quantitative estimate of drug-likeness (QED) is 0.477. The lowest BCUT2D eigenvalue weighted by Gasteiger charge is -2.04. The maximum atomic E-state index is 8.48. The molecule has 0 amide bonds. The summed E-state index contributed by atoms with van der Waals surface area (Å²) in [6.45, 7) is 0. The maximum absolute atomic E-state index is 8.48. The second kappa shape index (κ2) is 4.83. The van der Waals surface area contributed by atoms with Crippen LogP contribution in [0.1, 0.15) is 5.56 Å². The summed E-state index contributed by atoms with van der Waals surface area (Å²) >= 11 is 0. The smallest absolute Gasteiger partial charge is 0.324 e. The highest BCUT2D eigenvalue weighted by Gasteiger charge is 2.03. The number of ether oxygens (including phenoxy) is 1. The molecule has 1 N–H and O–H groups in total. The Balaban J connectivity index is 2.28. The Morgan fingerprint density at radius 1 is 1.19 bits per heavy atom. The zero-order valence-corrected chi connectivity index (χ0v) is 8.19. The molecule has 0 radical (unpaired) electrons. The molecule has 0 aliphatic rings. The third-order valence-electron chi connectivity index (χ3n) is 1.79. The molecular weight excluding hydrogens is 208 g/mol. The second-order valence-corrected chi connectivity index (χ2v) is 2.81. The van der Waals surface area contributed by atoms with Crippen LogP contribution in [0.25, 0.3) is 0 Å². The van der Waals surface area contributed by atoms with Crippen molar-refractivity contribution in [2.24, 2.45) is 5.16 Å². The molecular formula is C10H8N4O2. The van der Waals surface area contributed by atoms with E-state index in [2.05, 4.69) is 20.1 Å². The van der Waals surface area contributed by atoms with Gasteiger partial charge in [-0.25, -0.2) is 4.98 Å². The third-order valence-corrected chi connectivity index (χ3v) is 1.79. The average molecular weight is 216 g/mol. The largest absolute Gasteiger partial charge is 0.424 e. The fourth-order valence-corrected chi connectivity index (χ4v) is 1.12. The molecule has 2 rings (SSSR count). The summed E-state index contributed by atoms with van der Waals surface area (Å²) in [5, 5.41) is 11.4. The molecule has 1 aromatic heterocycles. The van der Waals surface area contributed by atoms with Gasteiger partial charge < -0.3 is 9.94 Å². The third kappa shape index (κ3) is 2.30. The Hall–Kier alpha value is -2.50. The van der Waals surface area contributed by atoms with E-state index in [0.717, 1.165) is 0 Å². The number of hydrogen-bond acceptors (Lipinski definition) is 6. The Morgan fingerprint density at radius 2 is 1.94 bits per heavy atom. The van der Waals surface area contributed by atoms with Gasteiger partial charge >= 0.3 is 6.01 Å². The minimum absolute atomic E-state index is 0.189. The van der Waals surface area contributed by atoms with E-state index in [1.165, 1.54) is 18.9 Å². The minimum Gasteiger partial charge on any atom is -0.424 e. The molecule has 16 heavy (non-hydrogen) atoms. The normalized spacial score (nSPS) is 10.5. The van der Waals surface area contributed by atoms with Crippen molar-refractivity contribution in [1.29, 1.82) is 0 Å². The zero-order valence-electron chi connectivity index (χ0n) is 8.19. The van der Waals surface area contributed by atoms with Gasteiger partial charge in [0.1, 0.15) is 18.4 Å². The summed E-state index contributed by atoms with van der Waals surface area (Å²) < 4.78 is 5.40. The molecule has 80 valence electrons. The van der Waals surface area contributed by atoms with Gasteiger partial charge in [0.2, 0.25) is 0 Å². The van der Waals surface area contributed by atoms with Crippen molar-refractivity contribution in [3.8, 4) is 11.8 Å². The topological polar surface area (TPSA) is 80.5 Å². The maximum Gasteiger partial charge on any atom is 0.324 e. The van der Waals surface area contributed by atoms with E-state index in [-0.39, 0.29) is 6.01 Å². The summed E-state index contributed by atoms with van der Waals surface area (Å²) in [4.78, 5) is 11.3. The molecule has 1 heterocycles. The lowest BCUT2D eigenvalue weighted by atomic mass is 10.2. The number of nitrogens with zero attached hydrogens (tertiary/aromatic N) is 4. The first-order valence-corrected chi connectivity index (χ1v) is 4.46. The van der Waals surface area contributed by atoms with Crippen molar-refractivity contribution >= 4 is 6.21 Å². The zero-order chi connectivity index (χ0) is 11.2. The molecule has 0 aliphatic carbocycles. The van der Waals surface area contributed by atoms with Crippen LogP contribution < -0.4 is 4.74 Å². The van der Waals surface area contributed by atoms with E-state index in [0.29, 0.717) is 11.3 Å². The highest BCUT2D eigenvalue weighted by molar-refractivity contribution is 5.83. The van der Waals surface area contributed by atoms with Gasteiger partial charge in [-0.3, -0.25) is 0 Å². The first-order chi connectivity index (χ1) is 7.90. The first kappa shape index (κ1) is 10.0. The van der Waals surface area contributed by atoms with Crippen molar-refractivity contribution in [3.63, 3.8) is 0 Å². The summed E-state index contributed by atoms with van der Waals surface area (Å²) in [6, 6.07) is 7.26. The summed E-state index contributed by atoms with van der Waals surface area (Å²) in [6.07, 6.45) is 3.95. The fourth-order valence-electron chi connectivity index (χ4n) is 1.12. The van der Waals surface area contributed by atoms with E-state index in [1.54, 1.807) is 24.3 Å². The predicted octanol–water partition coefficient (Wildman–Crippen LogP) is 1.47. The van der Waals surface area contributed by atoms with Gasteiger partial charge in [0, 0.05) is 5.56 Å². The number of para-hydroxylation sites is 1. The summed E-state index contributed by atoms with van der Waals surface area (Å²) in [5.41, 5.74) is 0.630. The average Bonchev–Trinajstić information content (AvgIpc) is 2.33. The van der Waals surface area contributed by atoms with Crippen molar-refractivity contribution in [3.05, 3.63) is 42.5 Å². The van der Waals surface area contributed by atoms with Gasteiger partial charge in [0.25, 0.3) is 0 Å². The molecule has 0 atom stereocenters. The lowest BCUT2D eigenvalue weighted by Crippen LogP contribution is -1.94. The Labute approximate surface area is 91.3 Å². The Bertz CT molecular complexity index is 487. The second-order valence-electron chi connectivity index (χ2n) is 2.81. The minimum atomic E-state index is 0.189. The number of benzene rings is 1. The van der Waals surface area contributed by atoms with Crippen LogP contribution in [0.2, 0.25) is 0 Å². The molecule has 2 aromatic rings. The van der Waals surface area contributed by atoms with Crippen LogP contribution in [0, 0.1) is 0 Å². The first-order valence-electron chi connectivity index (χ1n) is 4.46. The number of oxime groups is 1. The number of rotatable bonds is 3. The van der Waals surface area contributed by atoms with Crippen LogP contribution in [0.5, 0.6) is 11.8 Å². The molecule has 0 unspecified atom stereocenters. The van der Waals surface area contributed by atoms with Crippen LogP contribution >= 0.6 is 0 Å². The van der Waals surface area contributed by atoms with E-state index in [4.69, 9.17) is 9.94 Å². The van der Waals surface area contributed by atoms with Crippen molar-refractivity contribution in [2.75, 3.05) is 0 Å². The number of hydrogen-bond donors (Lipinski definition) is 1. The predicted molar refractivity (Wildman–Crippen MR) is 55.7 cm³/mol. The van der Waals surface area contributed by atoms with Gasteiger partial charge in [0.05, 0.1) is 6.21 Å². The van der Waals surface area contributed by atoms with Gasteiger partial charge in [-0.15, -0.1) is 0 Å². The van der Waals surface area contributed by atoms with Crippen LogP contribution in [-0.2, 0) is 0 Å². The van der Waals surface area contributed by atoms with Gasteiger partial charge in [-0.05, 0) is 12.1 Å². The molecule has 0 saturated heterocycles. The monoisotopic (exact) mass is 216 g/mol.